The highest BCUT2D eigenvalue weighted by Gasteiger charge is 2.25. The summed E-state index contributed by atoms with van der Waals surface area (Å²) in [6, 6.07) is 11.4. The largest absolute Gasteiger partial charge is 0.334 e. The number of carbonyl (C=O) groups excluding carboxylic acids is 1. The van der Waals surface area contributed by atoms with Gasteiger partial charge in [0.1, 0.15) is 4.90 Å². The molecule has 1 fully saturated rings. The Balaban J connectivity index is 1.87. The van der Waals surface area contributed by atoms with Gasteiger partial charge in [-0.2, -0.15) is 0 Å². The Labute approximate surface area is 164 Å². The van der Waals surface area contributed by atoms with Crippen molar-refractivity contribution in [2.24, 2.45) is 0 Å². The molecule has 0 aromatic heterocycles. The predicted molar refractivity (Wildman–Crippen MR) is 106 cm³/mol. The Morgan fingerprint density at radius 1 is 1.15 bits per heavy atom. The number of quaternary nitrogens is 1. The number of sulfonamides is 1. The number of piperazine rings is 1. The monoisotopic (exact) mass is 408 g/mol. The molecule has 27 heavy (non-hydrogen) atoms. The molecule has 0 aliphatic carbocycles. The van der Waals surface area contributed by atoms with Crippen LogP contribution in [0.1, 0.15) is 15.9 Å². The van der Waals surface area contributed by atoms with Crippen LogP contribution in [0.5, 0.6) is 0 Å². The van der Waals surface area contributed by atoms with Crippen LogP contribution in [-0.4, -0.2) is 52.5 Å². The van der Waals surface area contributed by atoms with E-state index in [4.69, 9.17) is 11.6 Å². The lowest BCUT2D eigenvalue weighted by atomic mass is 10.2. The molecule has 0 spiro atoms. The molecule has 0 saturated carbocycles. The molecule has 0 bridgehead atoms. The number of carbonyl (C=O) groups is 1. The van der Waals surface area contributed by atoms with Crippen molar-refractivity contribution in [1.82, 2.24) is 4.90 Å². The SMILES string of the molecule is Cc1cccc(NS(=O)(=O)c2cc(C(=O)N3CC[NH+](C)CC3)ccc2Cl)c1. The number of hydrogen-bond donors (Lipinski definition) is 2. The number of aryl methyl sites for hydroxylation is 1. The number of anilines is 1. The van der Waals surface area contributed by atoms with Crippen molar-refractivity contribution in [3.05, 3.63) is 58.6 Å². The van der Waals surface area contributed by atoms with Gasteiger partial charge in [-0.25, -0.2) is 8.42 Å². The van der Waals surface area contributed by atoms with Crippen LogP contribution >= 0.6 is 11.6 Å². The molecule has 1 amide bonds. The van der Waals surface area contributed by atoms with Gasteiger partial charge in [-0.1, -0.05) is 23.7 Å². The minimum atomic E-state index is -3.91. The van der Waals surface area contributed by atoms with Crippen LogP contribution in [0.3, 0.4) is 0 Å². The van der Waals surface area contributed by atoms with Gasteiger partial charge in [-0.15, -0.1) is 0 Å². The highest BCUT2D eigenvalue weighted by Crippen LogP contribution is 2.26. The molecule has 2 N–H and O–H groups in total. The minimum absolute atomic E-state index is 0.0783. The molecule has 2 aromatic carbocycles. The number of benzene rings is 2. The Bertz CT molecular complexity index is 954. The lowest BCUT2D eigenvalue weighted by molar-refractivity contribution is -0.883. The van der Waals surface area contributed by atoms with Crippen molar-refractivity contribution >= 4 is 33.2 Å². The van der Waals surface area contributed by atoms with Gasteiger partial charge in [0, 0.05) is 11.3 Å². The van der Waals surface area contributed by atoms with E-state index in [2.05, 4.69) is 11.8 Å². The summed E-state index contributed by atoms with van der Waals surface area (Å²) in [5.74, 6) is -0.175. The third-order valence-electron chi connectivity index (χ3n) is 4.64. The molecule has 3 rings (SSSR count). The van der Waals surface area contributed by atoms with Gasteiger partial charge in [0.2, 0.25) is 0 Å². The van der Waals surface area contributed by atoms with Crippen molar-refractivity contribution in [3.8, 4) is 0 Å². The highest BCUT2D eigenvalue weighted by atomic mass is 35.5. The number of rotatable bonds is 4. The van der Waals surface area contributed by atoms with Gasteiger partial charge in [-0.05, 0) is 42.8 Å². The van der Waals surface area contributed by atoms with E-state index >= 15 is 0 Å². The fourth-order valence-corrected chi connectivity index (χ4v) is 4.61. The van der Waals surface area contributed by atoms with Crippen LogP contribution in [0.4, 0.5) is 5.69 Å². The third kappa shape index (κ3) is 4.61. The van der Waals surface area contributed by atoms with E-state index in [9.17, 15) is 13.2 Å². The van der Waals surface area contributed by atoms with Crippen molar-refractivity contribution in [3.63, 3.8) is 0 Å². The molecule has 0 radical (unpaired) electrons. The lowest BCUT2D eigenvalue weighted by Gasteiger charge is -2.30. The van der Waals surface area contributed by atoms with E-state index in [0.29, 0.717) is 24.3 Å². The van der Waals surface area contributed by atoms with Crippen molar-refractivity contribution in [1.29, 1.82) is 0 Å². The Kier molecular flexibility index (Phi) is 5.74. The Morgan fingerprint density at radius 2 is 1.85 bits per heavy atom. The number of nitrogens with one attached hydrogen (secondary N) is 2. The number of hydrogen-bond acceptors (Lipinski definition) is 3. The summed E-state index contributed by atoms with van der Waals surface area (Å²) in [6.07, 6.45) is 0. The average Bonchev–Trinajstić information content (AvgIpc) is 2.61. The molecular weight excluding hydrogens is 386 g/mol. The van der Waals surface area contributed by atoms with Crippen LogP contribution in [0, 0.1) is 6.92 Å². The van der Waals surface area contributed by atoms with Crippen LogP contribution in [-0.2, 0) is 10.0 Å². The number of amides is 1. The first-order valence-corrected chi connectivity index (χ1v) is 10.6. The first kappa shape index (κ1) is 19.7. The van der Waals surface area contributed by atoms with E-state index in [0.717, 1.165) is 18.7 Å². The highest BCUT2D eigenvalue weighted by molar-refractivity contribution is 7.92. The topological polar surface area (TPSA) is 70.9 Å². The molecule has 144 valence electrons. The maximum atomic E-state index is 12.8. The lowest BCUT2D eigenvalue weighted by Crippen LogP contribution is -3.12. The van der Waals surface area contributed by atoms with Gasteiger partial charge in [0.25, 0.3) is 15.9 Å². The zero-order chi connectivity index (χ0) is 19.6. The molecule has 6 nitrogen and oxygen atoms in total. The summed E-state index contributed by atoms with van der Waals surface area (Å²) in [5.41, 5.74) is 1.70. The second kappa shape index (κ2) is 7.88. The summed E-state index contributed by atoms with van der Waals surface area (Å²) in [4.78, 5) is 15.8. The summed E-state index contributed by atoms with van der Waals surface area (Å²) >= 11 is 6.14. The fourth-order valence-electron chi connectivity index (χ4n) is 3.04. The zero-order valence-corrected chi connectivity index (χ0v) is 16.9. The molecule has 2 aromatic rings. The molecule has 1 aliphatic heterocycles. The zero-order valence-electron chi connectivity index (χ0n) is 15.3. The van der Waals surface area contributed by atoms with E-state index < -0.39 is 10.0 Å². The molecule has 1 aliphatic rings. The standard InChI is InChI=1S/C19H22ClN3O3S/c1-14-4-3-5-16(12-14)21-27(25,26)18-13-15(6-7-17(18)20)19(24)23-10-8-22(2)9-11-23/h3-7,12-13,21H,8-11H2,1-2H3/p+1. The number of likely N-dealkylation sites (N-methyl/N-ethyl adjacent to an activating group) is 1. The predicted octanol–water partition coefficient (Wildman–Crippen LogP) is 1.42. The third-order valence-corrected chi connectivity index (χ3v) is 6.51. The smallest absolute Gasteiger partial charge is 0.263 e. The van der Waals surface area contributed by atoms with E-state index in [1.807, 2.05) is 13.0 Å². The molecule has 1 heterocycles. The maximum Gasteiger partial charge on any atom is 0.263 e. The second-order valence-electron chi connectivity index (χ2n) is 6.87. The van der Waals surface area contributed by atoms with Crippen molar-refractivity contribution in [2.75, 3.05) is 37.9 Å². The normalized spacial score (nSPS) is 15.6. The van der Waals surface area contributed by atoms with Gasteiger partial charge >= 0.3 is 0 Å². The Morgan fingerprint density at radius 3 is 2.52 bits per heavy atom. The minimum Gasteiger partial charge on any atom is -0.334 e. The summed E-state index contributed by atoms with van der Waals surface area (Å²) in [7, 11) is -1.82. The van der Waals surface area contributed by atoms with Crippen LogP contribution in [0.2, 0.25) is 5.02 Å². The van der Waals surface area contributed by atoms with Gasteiger partial charge < -0.3 is 9.80 Å². The average molecular weight is 409 g/mol. The fraction of sp³-hybridized carbons (Fsp3) is 0.316. The first-order chi connectivity index (χ1) is 12.8. The number of nitrogens with zero attached hydrogens (tertiary/aromatic N) is 1. The van der Waals surface area contributed by atoms with Crippen molar-refractivity contribution < 1.29 is 18.1 Å². The molecule has 0 atom stereocenters. The van der Waals surface area contributed by atoms with E-state index in [1.54, 1.807) is 29.2 Å². The van der Waals surface area contributed by atoms with Crippen LogP contribution in [0.15, 0.2) is 47.4 Å². The van der Waals surface area contributed by atoms with Gasteiger partial charge in [0.05, 0.1) is 38.2 Å². The molecule has 0 unspecified atom stereocenters. The number of halogens is 1. The molecule has 8 heteroatoms. The van der Waals surface area contributed by atoms with Crippen molar-refractivity contribution in [2.45, 2.75) is 11.8 Å². The van der Waals surface area contributed by atoms with E-state index in [-0.39, 0.29) is 15.8 Å². The van der Waals surface area contributed by atoms with Crippen LogP contribution in [0.25, 0.3) is 0 Å². The molecular formula is C19H23ClN3O3S+. The summed E-state index contributed by atoms with van der Waals surface area (Å²) in [6.45, 7) is 4.93. The van der Waals surface area contributed by atoms with Gasteiger partial charge in [-0.3, -0.25) is 9.52 Å². The molecule has 1 saturated heterocycles. The maximum absolute atomic E-state index is 12.8. The first-order valence-electron chi connectivity index (χ1n) is 8.76. The summed E-state index contributed by atoms with van der Waals surface area (Å²) < 4.78 is 28.1. The summed E-state index contributed by atoms with van der Waals surface area (Å²) in [5, 5.41) is 0.0783. The van der Waals surface area contributed by atoms with Gasteiger partial charge in [0.15, 0.2) is 0 Å². The quantitative estimate of drug-likeness (QED) is 0.803. The van der Waals surface area contributed by atoms with Crippen LogP contribution < -0.4 is 9.62 Å². The van der Waals surface area contributed by atoms with E-state index in [1.165, 1.54) is 17.0 Å². The Hall–Kier alpha value is -2.09. The second-order valence-corrected chi connectivity index (χ2v) is 8.93.